The third kappa shape index (κ3) is 2.41. The van der Waals surface area contributed by atoms with Crippen LogP contribution in [0.15, 0.2) is 4.63 Å². The van der Waals surface area contributed by atoms with Gasteiger partial charge in [0.05, 0.1) is 6.54 Å². The molecule has 2 aromatic heterocycles. The molecule has 2 rings (SSSR count). The van der Waals surface area contributed by atoms with Crippen LogP contribution in [0.3, 0.4) is 0 Å². The monoisotopic (exact) mass is 233 g/mol. The smallest absolute Gasteiger partial charge is 0.223 e. The van der Waals surface area contributed by atoms with Crippen LogP contribution >= 0.6 is 0 Å². The first kappa shape index (κ1) is 11.5. The van der Waals surface area contributed by atoms with Crippen molar-refractivity contribution in [3.63, 3.8) is 0 Å². The van der Waals surface area contributed by atoms with E-state index in [2.05, 4.69) is 30.2 Å². The van der Waals surface area contributed by atoms with E-state index >= 15 is 0 Å². The molecule has 0 aromatic carbocycles. The summed E-state index contributed by atoms with van der Waals surface area (Å²) in [7, 11) is 0. The Balaban J connectivity index is 2.12. The van der Waals surface area contributed by atoms with Gasteiger partial charge in [0.25, 0.3) is 0 Å². The average molecular weight is 233 g/mol. The molecule has 0 fully saturated rings. The third-order valence-electron chi connectivity index (χ3n) is 2.79. The first-order valence-corrected chi connectivity index (χ1v) is 5.41. The van der Waals surface area contributed by atoms with Crippen LogP contribution in [0.4, 0.5) is 5.95 Å². The molecular formula is C11H15N5O. The van der Waals surface area contributed by atoms with Crippen LogP contribution in [0.5, 0.6) is 0 Å². The van der Waals surface area contributed by atoms with E-state index in [-0.39, 0.29) is 0 Å². The van der Waals surface area contributed by atoms with Gasteiger partial charge in [-0.3, -0.25) is 0 Å². The Bertz CT molecular complexity index is 511. The Morgan fingerprint density at radius 2 is 1.59 bits per heavy atom. The second-order valence-corrected chi connectivity index (χ2v) is 3.99. The first-order chi connectivity index (χ1) is 8.08. The fraction of sp³-hybridized carbons (Fsp3) is 0.455. The zero-order valence-corrected chi connectivity index (χ0v) is 10.4. The molecule has 0 aliphatic rings. The van der Waals surface area contributed by atoms with Gasteiger partial charge in [0.2, 0.25) is 5.95 Å². The molecule has 0 bridgehead atoms. The number of rotatable bonds is 3. The van der Waals surface area contributed by atoms with E-state index in [0.29, 0.717) is 12.5 Å². The van der Waals surface area contributed by atoms with Crippen molar-refractivity contribution < 1.29 is 4.63 Å². The molecule has 0 aliphatic heterocycles. The molecule has 0 saturated carbocycles. The lowest BCUT2D eigenvalue weighted by atomic mass is 10.2. The van der Waals surface area contributed by atoms with E-state index in [0.717, 1.165) is 28.3 Å². The summed E-state index contributed by atoms with van der Waals surface area (Å²) < 4.78 is 4.62. The van der Waals surface area contributed by atoms with Gasteiger partial charge in [0, 0.05) is 11.4 Å². The number of aryl methyl sites for hydroxylation is 3. The van der Waals surface area contributed by atoms with Crippen LogP contribution in [0.1, 0.15) is 28.3 Å². The Labute approximate surface area is 99.4 Å². The maximum absolute atomic E-state index is 4.62. The molecule has 0 unspecified atom stereocenters. The lowest BCUT2D eigenvalue weighted by molar-refractivity contribution is 0.301. The number of nitrogens with one attached hydrogen (secondary N) is 1. The summed E-state index contributed by atoms with van der Waals surface area (Å²) >= 11 is 0. The van der Waals surface area contributed by atoms with Gasteiger partial charge < -0.3 is 5.32 Å². The summed E-state index contributed by atoms with van der Waals surface area (Å²) in [5.74, 6) is 0.605. The SMILES string of the molecule is Cc1nonc1CNc1nc(C)c(C)c(C)n1. The molecule has 2 aromatic rings. The van der Waals surface area contributed by atoms with E-state index in [9.17, 15) is 0 Å². The third-order valence-corrected chi connectivity index (χ3v) is 2.79. The quantitative estimate of drug-likeness (QED) is 0.869. The van der Waals surface area contributed by atoms with E-state index in [1.165, 1.54) is 0 Å². The van der Waals surface area contributed by atoms with Crippen LogP contribution < -0.4 is 5.32 Å². The Morgan fingerprint density at radius 3 is 2.12 bits per heavy atom. The van der Waals surface area contributed by atoms with Gasteiger partial charge in [-0.05, 0) is 33.3 Å². The fourth-order valence-corrected chi connectivity index (χ4v) is 1.42. The van der Waals surface area contributed by atoms with Crippen molar-refractivity contribution in [2.24, 2.45) is 0 Å². The number of aromatic nitrogens is 4. The lowest BCUT2D eigenvalue weighted by Crippen LogP contribution is -2.07. The highest BCUT2D eigenvalue weighted by molar-refractivity contribution is 5.33. The zero-order valence-electron chi connectivity index (χ0n) is 10.4. The van der Waals surface area contributed by atoms with Crippen molar-refractivity contribution in [3.8, 4) is 0 Å². The largest absolute Gasteiger partial charge is 0.348 e. The normalized spacial score (nSPS) is 10.6. The predicted molar refractivity (Wildman–Crippen MR) is 62.6 cm³/mol. The van der Waals surface area contributed by atoms with Crippen LogP contribution in [-0.2, 0) is 6.54 Å². The highest BCUT2D eigenvalue weighted by Gasteiger charge is 2.07. The number of anilines is 1. The molecule has 0 spiro atoms. The van der Waals surface area contributed by atoms with Gasteiger partial charge in [-0.25, -0.2) is 14.6 Å². The standard InChI is InChI=1S/C11H15N5O/c1-6-7(2)13-11(14-8(6)3)12-5-10-9(4)15-17-16-10/h5H2,1-4H3,(H,12,13,14). The Kier molecular flexibility index (Phi) is 3.03. The highest BCUT2D eigenvalue weighted by atomic mass is 16.6. The summed E-state index contributed by atoms with van der Waals surface area (Å²) in [6.07, 6.45) is 0. The van der Waals surface area contributed by atoms with Crippen molar-refractivity contribution in [1.29, 1.82) is 0 Å². The van der Waals surface area contributed by atoms with E-state index in [1.54, 1.807) is 0 Å². The predicted octanol–water partition coefficient (Wildman–Crippen LogP) is 1.71. The first-order valence-electron chi connectivity index (χ1n) is 5.41. The van der Waals surface area contributed by atoms with E-state index in [4.69, 9.17) is 0 Å². The molecule has 0 atom stereocenters. The second-order valence-electron chi connectivity index (χ2n) is 3.99. The van der Waals surface area contributed by atoms with Crippen molar-refractivity contribution in [2.45, 2.75) is 34.2 Å². The minimum Gasteiger partial charge on any atom is -0.348 e. The number of hydrogen-bond acceptors (Lipinski definition) is 6. The maximum Gasteiger partial charge on any atom is 0.223 e. The number of nitrogens with zero attached hydrogens (tertiary/aromatic N) is 4. The molecule has 1 N–H and O–H groups in total. The number of hydrogen-bond donors (Lipinski definition) is 1. The van der Waals surface area contributed by atoms with Crippen LogP contribution in [0.2, 0.25) is 0 Å². The van der Waals surface area contributed by atoms with Crippen molar-refractivity contribution in [2.75, 3.05) is 5.32 Å². The molecular weight excluding hydrogens is 218 g/mol. The van der Waals surface area contributed by atoms with Crippen LogP contribution in [0, 0.1) is 27.7 Å². The molecule has 0 saturated heterocycles. The molecule has 0 aliphatic carbocycles. The fourth-order valence-electron chi connectivity index (χ4n) is 1.42. The Morgan fingerprint density at radius 1 is 0.941 bits per heavy atom. The van der Waals surface area contributed by atoms with E-state index < -0.39 is 0 Å². The minimum atomic E-state index is 0.511. The molecule has 0 radical (unpaired) electrons. The van der Waals surface area contributed by atoms with Gasteiger partial charge in [0.1, 0.15) is 11.4 Å². The van der Waals surface area contributed by atoms with Crippen molar-refractivity contribution in [3.05, 3.63) is 28.3 Å². The van der Waals surface area contributed by atoms with Gasteiger partial charge in [-0.2, -0.15) is 0 Å². The summed E-state index contributed by atoms with van der Waals surface area (Å²) in [5, 5.41) is 10.6. The topological polar surface area (TPSA) is 76.7 Å². The van der Waals surface area contributed by atoms with Gasteiger partial charge in [-0.1, -0.05) is 10.3 Å². The zero-order chi connectivity index (χ0) is 12.4. The van der Waals surface area contributed by atoms with Gasteiger partial charge >= 0.3 is 0 Å². The molecule has 6 nitrogen and oxygen atoms in total. The molecule has 6 heteroatoms. The van der Waals surface area contributed by atoms with Crippen LogP contribution in [0.25, 0.3) is 0 Å². The summed E-state index contributed by atoms with van der Waals surface area (Å²) in [6, 6.07) is 0. The maximum atomic E-state index is 4.62. The highest BCUT2D eigenvalue weighted by Crippen LogP contribution is 2.11. The minimum absolute atomic E-state index is 0.511. The summed E-state index contributed by atoms with van der Waals surface area (Å²) in [4.78, 5) is 8.72. The second kappa shape index (κ2) is 4.48. The molecule has 0 amide bonds. The van der Waals surface area contributed by atoms with E-state index in [1.807, 2.05) is 27.7 Å². The molecule has 17 heavy (non-hydrogen) atoms. The van der Waals surface area contributed by atoms with Crippen LogP contribution in [-0.4, -0.2) is 20.3 Å². The van der Waals surface area contributed by atoms with Gasteiger partial charge in [-0.15, -0.1) is 0 Å². The van der Waals surface area contributed by atoms with Crippen molar-refractivity contribution >= 4 is 5.95 Å². The van der Waals surface area contributed by atoms with Gasteiger partial charge in [0.15, 0.2) is 0 Å². The summed E-state index contributed by atoms with van der Waals surface area (Å²) in [6.45, 7) is 8.31. The van der Waals surface area contributed by atoms with Crippen molar-refractivity contribution in [1.82, 2.24) is 20.3 Å². The summed E-state index contributed by atoms with van der Waals surface area (Å²) in [5.41, 5.74) is 4.63. The molecule has 90 valence electrons. The molecule has 2 heterocycles. The Hall–Kier alpha value is -1.98. The average Bonchev–Trinajstić information content (AvgIpc) is 2.69. The lowest BCUT2D eigenvalue weighted by Gasteiger charge is -2.07.